The van der Waals surface area contributed by atoms with Crippen LogP contribution in [0, 0.1) is 0 Å². The summed E-state index contributed by atoms with van der Waals surface area (Å²) in [6.45, 7) is 0. The first-order chi connectivity index (χ1) is 9.06. The Kier molecular flexibility index (Phi) is 2.88. The summed E-state index contributed by atoms with van der Waals surface area (Å²) >= 11 is 13.2. The van der Waals surface area contributed by atoms with Crippen LogP contribution in [0.25, 0.3) is 0 Å². The molecule has 2 aromatic carbocycles. The number of hydrogen-bond donors (Lipinski definition) is 0. The van der Waals surface area contributed by atoms with E-state index >= 15 is 0 Å². The number of rotatable bonds is 1. The van der Waals surface area contributed by atoms with Crippen LogP contribution >= 0.6 is 23.2 Å². The van der Waals surface area contributed by atoms with E-state index < -0.39 is 5.12 Å². The van der Waals surface area contributed by atoms with Crippen molar-refractivity contribution in [2.75, 3.05) is 23.9 Å². The lowest BCUT2D eigenvalue weighted by atomic mass is 10.1. The molecule has 98 valence electrons. The summed E-state index contributed by atoms with van der Waals surface area (Å²) in [4.78, 5) is 4.06. The highest BCUT2D eigenvalue weighted by Crippen LogP contribution is 2.53. The van der Waals surface area contributed by atoms with Gasteiger partial charge in [0.2, 0.25) is 5.12 Å². The molecule has 0 saturated heterocycles. The summed E-state index contributed by atoms with van der Waals surface area (Å²) in [6, 6.07) is 15.9. The molecule has 2 nitrogen and oxygen atoms in total. The van der Waals surface area contributed by atoms with Gasteiger partial charge in [-0.1, -0.05) is 59.6 Å². The van der Waals surface area contributed by atoms with Crippen molar-refractivity contribution in [2.24, 2.45) is 0 Å². The SMILES string of the molecule is CN1c2cccc(Cl)c2N(C)C1(Cl)c1ccccc1. The van der Waals surface area contributed by atoms with Gasteiger partial charge in [-0.2, -0.15) is 0 Å². The quantitative estimate of drug-likeness (QED) is 0.572. The Morgan fingerprint density at radius 2 is 1.58 bits per heavy atom. The molecule has 0 spiro atoms. The van der Waals surface area contributed by atoms with Gasteiger partial charge in [0, 0.05) is 19.7 Å². The van der Waals surface area contributed by atoms with Gasteiger partial charge in [0.05, 0.1) is 16.4 Å². The summed E-state index contributed by atoms with van der Waals surface area (Å²) in [7, 11) is 3.95. The van der Waals surface area contributed by atoms with Crippen LogP contribution in [0.1, 0.15) is 5.56 Å². The smallest absolute Gasteiger partial charge is 0.217 e. The Labute approximate surface area is 123 Å². The number of alkyl halides is 1. The molecule has 0 amide bonds. The predicted molar refractivity (Wildman–Crippen MR) is 82.2 cm³/mol. The average molecular weight is 293 g/mol. The molecule has 1 heterocycles. The Balaban J connectivity index is 2.20. The number of anilines is 2. The van der Waals surface area contributed by atoms with E-state index in [1.165, 1.54) is 0 Å². The van der Waals surface area contributed by atoms with Crippen LogP contribution in [0.5, 0.6) is 0 Å². The van der Waals surface area contributed by atoms with Crippen molar-refractivity contribution < 1.29 is 0 Å². The van der Waals surface area contributed by atoms with Gasteiger partial charge < -0.3 is 9.80 Å². The van der Waals surface area contributed by atoms with Crippen molar-refractivity contribution in [2.45, 2.75) is 5.12 Å². The van der Waals surface area contributed by atoms with E-state index in [4.69, 9.17) is 23.2 Å². The molecule has 0 fully saturated rings. The predicted octanol–water partition coefficient (Wildman–Crippen LogP) is 4.28. The van der Waals surface area contributed by atoms with Crippen molar-refractivity contribution in [1.82, 2.24) is 0 Å². The van der Waals surface area contributed by atoms with Gasteiger partial charge in [0.25, 0.3) is 0 Å². The molecule has 0 N–H and O–H groups in total. The highest BCUT2D eigenvalue weighted by molar-refractivity contribution is 6.36. The first kappa shape index (κ1) is 12.6. The Bertz CT molecular complexity index is 615. The van der Waals surface area contributed by atoms with Crippen LogP contribution in [0.2, 0.25) is 5.02 Å². The van der Waals surface area contributed by atoms with Crippen molar-refractivity contribution in [3.8, 4) is 0 Å². The van der Waals surface area contributed by atoms with Crippen molar-refractivity contribution in [3.05, 3.63) is 59.1 Å². The van der Waals surface area contributed by atoms with E-state index in [-0.39, 0.29) is 0 Å². The molecule has 0 radical (unpaired) electrons. The number of fused-ring (bicyclic) bond motifs is 1. The van der Waals surface area contributed by atoms with Crippen LogP contribution in [-0.4, -0.2) is 14.1 Å². The van der Waals surface area contributed by atoms with E-state index in [1.54, 1.807) is 0 Å². The van der Waals surface area contributed by atoms with E-state index in [0.29, 0.717) is 5.02 Å². The summed E-state index contributed by atoms with van der Waals surface area (Å²) in [5, 5.41) is -0.0282. The van der Waals surface area contributed by atoms with Crippen LogP contribution in [0.3, 0.4) is 0 Å². The molecule has 1 aliphatic rings. The number of benzene rings is 2. The first-order valence-corrected chi connectivity index (χ1v) is 6.83. The highest BCUT2D eigenvalue weighted by atomic mass is 35.5. The topological polar surface area (TPSA) is 6.48 Å². The van der Waals surface area contributed by atoms with E-state index in [0.717, 1.165) is 16.9 Å². The van der Waals surface area contributed by atoms with Crippen LogP contribution in [-0.2, 0) is 5.12 Å². The summed E-state index contributed by atoms with van der Waals surface area (Å²) in [5.41, 5.74) is 3.02. The zero-order chi connectivity index (χ0) is 13.6. The van der Waals surface area contributed by atoms with Crippen LogP contribution in [0.4, 0.5) is 11.4 Å². The van der Waals surface area contributed by atoms with Crippen LogP contribution < -0.4 is 9.80 Å². The molecule has 1 unspecified atom stereocenters. The first-order valence-electron chi connectivity index (χ1n) is 6.07. The monoisotopic (exact) mass is 292 g/mol. The maximum atomic E-state index is 6.93. The minimum absolute atomic E-state index is 0.713. The second-order valence-corrected chi connectivity index (χ2v) is 5.61. The van der Waals surface area contributed by atoms with Gasteiger partial charge in [0.1, 0.15) is 0 Å². The lowest BCUT2D eigenvalue weighted by Gasteiger charge is -2.37. The molecule has 0 aliphatic carbocycles. The van der Waals surface area contributed by atoms with Gasteiger partial charge >= 0.3 is 0 Å². The Morgan fingerprint density at radius 1 is 0.895 bits per heavy atom. The number of para-hydroxylation sites is 1. The van der Waals surface area contributed by atoms with Gasteiger partial charge in [-0.15, -0.1) is 0 Å². The third-order valence-corrected chi connectivity index (χ3v) is 4.72. The standard InChI is InChI=1S/C15H14Cl2N2/c1-18-13-10-6-9-12(16)14(13)19(2)15(18,17)11-7-4-3-5-8-11/h3-10H,1-2H3. The van der Waals surface area contributed by atoms with Gasteiger partial charge in [-0.3, -0.25) is 0 Å². The fourth-order valence-corrected chi connectivity index (χ4v) is 3.27. The van der Waals surface area contributed by atoms with Crippen LogP contribution in [0.15, 0.2) is 48.5 Å². The molecule has 19 heavy (non-hydrogen) atoms. The zero-order valence-corrected chi connectivity index (χ0v) is 12.3. The van der Waals surface area contributed by atoms with Gasteiger partial charge in [-0.05, 0) is 12.1 Å². The second-order valence-electron chi connectivity index (χ2n) is 4.68. The average Bonchev–Trinajstić information content (AvgIpc) is 2.64. The molecule has 3 rings (SSSR count). The minimum Gasteiger partial charge on any atom is -0.334 e. The summed E-state index contributed by atoms with van der Waals surface area (Å²) < 4.78 is 0. The van der Waals surface area contributed by atoms with Gasteiger partial charge in [0.15, 0.2) is 0 Å². The third kappa shape index (κ3) is 1.63. The molecule has 1 atom stereocenters. The summed E-state index contributed by atoms with van der Waals surface area (Å²) in [5.74, 6) is 0. The van der Waals surface area contributed by atoms with E-state index in [9.17, 15) is 0 Å². The summed E-state index contributed by atoms with van der Waals surface area (Å²) in [6.07, 6.45) is 0. The minimum atomic E-state index is -0.741. The Morgan fingerprint density at radius 3 is 2.21 bits per heavy atom. The second kappa shape index (κ2) is 4.32. The largest absolute Gasteiger partial charge is 0.334 e. The molecule has 2 aromatic rings. The highest BCUT2D eigenvalue weighted by Gasteiger charge is 2.46. The van der Waals surface area contributed by atoms with Crippen molar-refractivity contribution in [1.29, 1.82) is 0 Å². The number of halogens is 2. The molecular formula is C15H14Cl2N2. The molecular weight excluding hydrogens is 279 g/mol. The normalized spacial score (nSPS) is 21.7. The molecule has 0 bridgehead atoms. The lowest BCUT2D eigenvalue weighted by molar-refractivity contribution is 0.616. The van der Waals surface area contributed by atoms with E-state index in [1.807, 2.05) is 72.4 Å². The van der Waals surface area contributed by atoms with E-state index in [2.05, 4.69) is 0 Å². The van der Waals surface area contributed by atoms with Gasteiger partial charge in [-0.25, -0.2) is 0 Å². The number of nitrogens with zero attached hydrogens (tertiary/aromatic N) is 2. The molecule has 1 aliphatic heterocycles. The fourth-order valence-electron chi connectivity index (χ4n) is 2.68. The number of hydrogen-bond acceptors (Lipinski definition) is 2. The third-order valence-electron chi connectivity index (χ3n) is 3.69. The molecule has 4 heteroatoms. The lowest BCUT2D eigenvalue weighted by Crippen LogP contribution is -2.46. The Hall–Kier alpha value is -1.38. The molecule has 0 aromatic heterocycles. The zero-order valence-electron chi connectivity index (χ0n) is 10.8. The maximum Gasteiger partial charge on any atom is 0.217 e. The maximum absolute atomic E-state index is 6.93. The molecule has 0 saturated carbocycles. The van der Waals surface area contributed by atoms with Crippen molar-refractivity contribution >= 4 is 34.6 Å². The van der Waals surface area contributed by atoms with Crippen molar-refractivity contribution in [3.63, 3.8) is 0 Å². The fraction of sp³-hybridized carbons (Fsp3) is 0.200.